The second-order valence-electron chi connectivity index (χ2n) is 6.37. The summed E-state index contributed by atoms with van der Waals surface area (Å²) in [4.78, 5) is 12.2. The molecule has 1 aromatic carbocycles. The summed E-state index contributed by atoms with van der Waals surface area (Å²) in [7, 11) is 1.83. The van der Waals surface area contributed by atoms with Gasteiger partial charge in [-0.3, -0.25) is 4.79 Å². The van der Waals surface area contributed by atoms with Crippen molar-refractivity contribution in [2.75, 3.05) is 0 Å². The predicted octanol–water partition coefficient (Wildman–Crippen LogP) is 3.02. The molecule has 1 atom stereocenters. The van der Waals surface area contributed by atoms with Crippen molar-refractivity contribution in [2.24, 2.45) is 7.05 Å². The van der Waals surface area contributed by atoms with E-state index in [4.69, 9.17) is 0 Å². The van der Waals surface area contributed by atoms with Crippen LogP contribution in [0.5, 0.6) is 0 Å². The Labute approximate surface area is 139 Å². The number of thioether (sulfide) groups is 1. The fourth-order valence-corrected chi connectivity index (χ4v) is 2.77. The second-order valence-corrected chi connectivity index (χ2v) is 7.68. The van der Waals surface area contributed by atoms with Crippen LogP contribution in [-0.2, 0) is 11.8 Å². The summed E-state index contributed by atoms with van der Waals surface area (Å²) in [5.74, 6) is 0.294. The summed E-state index contributed by atoms with van der Waals surface area (Å²) in [6.07, 6.45) is 0. The van der Waals surface area contributed by atoms with Crippen LogP contribution in [-0.4, -0.2) is 31.5 Å². The summed E-state index contributed by atoms with van der Waals surface area (Å²) >= 11 is 1.34. The number of nitrogens with zero attached hydrogens (tertiary/aromatic N) is 3. The van der Waals surface area contributed by atoms with E-state index >= 15 is 0 Å². The summed E-state index contributed by atoms with van der Waals surface area (Å²) in [6.45, 7) is 7.66. The molecule has 0 radical (unpaired) electrons. The summed E-state index contributed by atoms with van der Waals surface area (Å²) in [5.41, 5.74) is 0.505. The maximum Gasteiger partial charge on any atom is 0.233 e. The van der Waals surface area contributed by atoms with E-state index in [0.29, 0.717) is 11.0 Å². The van der Waals surface area contributed by atoms with Crippen molar-refractivity contribution in [2.45, 2.75) is 43.6 Å². The van der Waals surface area contributed by atoms with Crippen molar-refractivity contribution < 1.29 is 9.18 Å². The van der Waals surface area contributed by atoms with Gasteiger partial charge in [0.25, 0.3) is 0 Å². The zero-order valence-electron chi connectivity index (χ0n) is 13.9. The lowest BCUT2D eigenvalue weighted by atomic mass is 10.1. The van der Waals surface area contributed by atoms with E-state index < -0.39 is 0 Å². The number of carbonyl (C=O) groups excluding carboxylic acids is 1. The van der Waals surface area contributed by atoms with Crippen LogP contribution in [0, 0.1) is 5.82 Å². The van der Waals surface area contributed by atoms with Gasteiger partial charge in [-0.15, -0.1) is 10.2 Å². The molecule has 1 heterocycles. The molecule has 2 aromatic rings. The Bertz CT molecular complexity index is 691. The molecule has 0 aliphatic heterocycles. The maximum absolute atomic E-state index is 13.0. The molecule has 0 aliphatic carbocycles. The lowest BCUT2D eigenvalue weighted by molar-refractivity contribution is -0.121. The van der Waals surface area contributed by atoms with E-state index in [1.807, 2.05) is 34.7 Å². The fourth-order valence-electron chi connectivity index (χ4n) is 1.95. The molecule has 124 valence electrons. The van der Waals surface area contributed by atoms with Crippen LogP contribution in [0.1, 0.15) is 27.7 Å². The molecule has 5 nitrogen and oxygen atoms in total. The van der Waals surface area contributed by atoms with Gasteiger partial charge in [-0.1, -0.05) is 11.8 Å². The minimum atomic E-state index is -0.294. The molecular weight excluding hydrogens is 315 g/mol. The van der Waals surface area contributed by atoms with Crippen LogP contribution in [0.4, 0.5) is 4.39 Å². The number of amides is 1. The van der Waals surface area contributed by atoms with Crippen molar-refractivity contribution in [1.82, 2.24) is 20.1 Å². The minimum Gasteiger partial charge on any atom is -0.351 e. The van der Waals surface area contributed by atoms with E-state index in [-0.39, 0.29) is 22.5 Å². The SMILES string of the molecule is C[C@H](Sc1nnc(-c2ccc(F)cc2)n1C)C(=O)NC(C)(C)C. The molecule has 23 heavy (non-hydrogen) atoms. The fraction of sp³-hybridized carbons (Fsp3) is 0.438. The largest absolute Gasteiger partial charge is 0.351 e. The summed E-state index contributed by atoms with van der Waals surface area (Å²) in [6, 6.07) is 6.08. The lowest BCUT2D eigenvalue weighted by Crippen LogP contribution is -2.44. The highest BCUT2D eigenvalue weighted by molar-refractivity contribution is 8.00. The molecule has 0 unspecified atom stereocenters. The lowest BCUT2D eigenvalue weighted by Gasteiger charge is -2.22. The highest BCUT2D eigenvalue weighted by atomic mass is 32.2. The average molecular weight is 336 g/mol. The highest BCUT2D eigenvalue weighted by Crippen LogP contribution is 2.26. The summed E-state index contributed by atoms with van der Waals surface area (Å²) in [5, 5.41) is 11.6. The zero-order chi connectivity index (χ0) is 17.2. The number of carbonyl (C=O) groups is 1. The van der Waals surface area contributed by atoms with E-state index in [1.165, 1.54) is 23.9 Å². The first-order chi connectivity index (χ1) is 10.7. The quantitative estimate of drug-likeness (QED) is 0.872. The number of halogens is 1. The molecule has 0 saturated carbocycles. The maximum atomic E-state index is 13.0. The molecule has 7 heteroatoms. The Hall–Kier alpha value is -1.89. The number of hydrogen-bond donors (Lipinski definition) is 1. The molecule has 1 aromatic heterocycles. The molecule has 0 bridgehead atoms. The third kappa shape index (κ3) is 4.54. The van der Waals surface area contributed by atoms with Crippen LogP contribution in [0.15, 0.2) is 29.4 Å². The second kappa shape index (κ2) is 6.70. The van der Waals surface area contributed by atoms with E-state index in [9.17, 15) is 9.18 Å². The average Bonchev–Trinajstić information content (AvgIpc) is 2.79. The number of aromatic nitrogens is 3. The normalized spacial score (nSPS) is 13.0. The van der Waals surface area contributed by atoms with E-state index in [2.05, 4.69) is 15.5 Å². The van der Waals surface area contributed by atoms with Gasteiger partial charge in [0.15, 0.2) is 11.0 Å². The molecule has 1 amide bonds. The number of benzene rings is 1. The minimum absolute atomic E-state index is 0.0474. The first kappa shape index (κ1) is 17.5. The van der Waals surface area contributed by atoms with Crippen LogP contribution >= 0.6 is 11.8 Å². The van der Waals surface area contributed by atoms with Crippen LogP contribution in [0.3, 0.4) is 0 Å². The Morgan fingerprint density at radius 3 is 2.43 bits per heavy atom. The van der Waals surface area contributed by atoms with E-state index in [1.54, 1.807) is 16.7 Å². The molecule has 1 N–H and O–H groups in total. The van der Waals surface area contributed by atoms with Crippen molar-refractivity contribution in [1.29, 1.82) is 0 Å². The van der Waals surface area contributed by atoms with Crippen LogP contribution < -0.4 is 5.32 Å². The first-order valence-electron chi connectivity index (χ1n) is 7.31. The molecular formula is C16H21FN4OS. The first-order valence-corrected chi connectivity index (χ1v) is 8.19. The zero-order valence-corrected chi connectivity index (χ0v) is 14.7. The van der Waals surface area contributed by atoms with Crippen molar-refractivity contribution in [3.8, 4) is 11.4 Å². The molecule has 0 fully saturated rings. The van der Waals surface area contributed by atoms with Crippen molar-refractivity contribution >= 4 is 17.7 Å². The molecule has 0 saturated heterocycles. The van der Waals surface area contributed by atoms with Gasteiger partial charge in [0, 0.05) is 18.2 Å². The third-order valence-corrected chi connectivity index (χ3v) is 4.22. The highest BCUT2D eigenvalue weighted by Gasteiger charge is 2.22. The van der Waals surface area contributed by atoms with Crippen LogP contribution in [0.25, 0.3) is 11.4 Å². The Kier molecular flexibility index (Phi) is 5.09. The van der Waals surface area contributed by atoms with Gasteiger partial charge in [-0.25, -0.2) is 4.39 Å². The standard InChI is InChI=1S/C16H21FN4OS/c1-10(14(22)18-16(2,3)4)23-15-20-19-13(21(15)5)11-6-8-12(17)9-7-11/h6-10H,1-5H3,(H,18,22)/t10-/m0/s1. The van der Waals surface area contributed by atoms with Gasteiger partial charge >= 0.3 is 0 Å². The number of rotatable bonds is 4. The van der Waals surface area contributed by atoms with Gasteiger partial charge in [-0.05, 0) is 52.0 Å². The van der Waals surface area contributed by atoms with E-state index in [0.717, 1.165) is 5.56 Å². The van der Waals surface area contributed by atoms with Gasteiger partial charge in [-0.2, -0.15) is 0 Å². The number of hydrogen-bond acceptors (Lipinski definition) is 4. The predicted molar refractivity (Wildman–Crippen MR) is 89.6 cm³/mol. The molecule has 0 spiro atoms. The Balaban J connectivity index is 2.13. The van der Waals surface area contributed by atoms with Crippen molar-refractivity contribution in [3.05, 3.63) is 30.1 Å². The third-order valence-electron chi connectivity index (χ3n) is 3.09. The Morgan fingerprint density at radius 1 is 1.26 bits per heavy atom. The van der Waals surface area contributed by atoms with Gasteiger partial charge in [0.1, 0.15) is 5.82 Å². The Morgan fingerprint density at radius 2 is 1.87 bits per heavy atom. The number of nitrogens with one attached hydrogen (secondary N) is 1. The van der Waals surface area contributed by atoms with Gasteiger partial charge in [0.2, 0.25) is 5.91 Å². The van der Waals surface area contributed by atoms with Crippen molar-refractivity contribution in [3.63, 3.8) is 0 Å². The summed E-state index contributed by atoms with van der Waals surface area (Å²) < 4.78 is 14.8. The van der Waals surface area contributed by atoms with Gasteiger partial charge < -0.3 is 9.88 Å². The smallest absolute Gasteiger partial charge is 0.233 e. The monoisotopic (exact) mass is 336 g/mol. The van der Waals surface area contributed by atoms with Gasteiger partial charge in [0.05, 0.1) is 5.25 Å². The topological polar surface area (TPSA) is 59.8 Å². The molecule has 2 rings (SSSR count). The van der Waals surface area contributed by atoms with Crippen LogP contribution in [0.2, 0.25) is 0 Å². The molecule has 0 aliphatic rings.